The molecule has 2 heterocycles. The largest absolute Gasteiger partial charge is 0.433 e. The Morgan fingerprint density at radius 1 is 1.24 bits per heavy atom. The normalized spacial score (nSPS) is 11.3. The molecule has 5 nitrogen and oxygen atoms in total. The summed E-state index contributed by atoms with van der Waals surface area (Å²) in [6.07, 6.45) is -3.18. The lowest BCUT2D eigenvalue weighted by Crippen LogP contribution is -2.16. The van der Waals surface area contributed by atoms with Crippen LogP contribution in [0.15, 0.2) is 24.4 Å². The summed E-state index contributed by atoms with van der Waals surface area (Å²) in [6.45, 7) is 0. The number of nitrogens with zero attached hydrogens (tertiary/aromatic N) is 4. The van der Waals surface area contributed by atoms with Crippen LogP contribution in [-0.4, -0.2) is 29.0 Å². The Labute approximate surface area is 123 Å². The van der Waals surface area contributed by atoms with E-state index in [0.717, 1.165) is 6.07 Å². The van der Waals surface area contributed by atoms with E-state index in [9.17, 15) is 13.2 Å². The van der Waals surface area contributed by atoms with E-state index in [1.54, 1.807) is 14.1 Å². The van der Waals surface area contributed by atoms with E-state index in [0.29, 0.717) is 0 Å². The van der Waals surface area contributed by atoms with Gasteiger partial charge in [-0.25, -0.2) is 4.98 Å². The lowest BCUT2D eigenvalue weighted by Gasteiger charge is -2.15. The topological polar surface area (TPSA) is 51.1 Å². The third-order valence-corrected chi connectivity index (χ3v) is 2.65. The number of alkyl halides is 3. The first-order valence-electron chi connectivity index (χ1n) is 5.69. The summed E-state index contributed by atoms with van der Waals surface area (Å²) in [7, 11) is 3.12. The first kappa shape index (κ1) is 15.3. The van der Waals surface area contributed by atoms with Crippen LogP contribution in [0.25, 0.3) is 0 Å². The quantitative estimate of drug-likeness (QED) is 0.812. The summed E-state index contributed by atoms with van der Waals surface area (Å²) < 4.78 is 43.7. The first-order valence-corrected chi connectivity index (χ1v) is 6.07. The predicted octanol–water partition coefficient (Wildman–Crippen LogP) is 3.40. The molecule has 0 aromatic carbocycles. The molecule has 2 aromatic heterocycles. The highest BCUT2D eigenvalue weighted by molar-refractivity contribution is 6.30. The Kier molecular flexibility index (Phi) is 4.17. The van der Waals surface area contributed by atoms with Crippen LogP contribution in [0.1, 0.15) is 5.69 Å². The van der Waals surface area contributed by atoms with Crippen molar-refractivity contribution in [2.45, 2.75) is 6.18 Å². The molecule has 0 N–H and O–H groups in total. The van der Waals surface area contributed by atoms with E-state index in [1.807, 2.05) is 0 Å². The maximum Gasteiger partial charge on any atom is 0.433 e. The van der Waals surface area contributed by atoms with Crippen LogP contribution < -0.4 is 9.64 Å². The number of hydrogen-bond donors (Lipinski definition) is 0. The minimum absolute atomic E-state index is 0.00455. The molecule has 9 heteroatoms. The number of halogens is 4. The Balaban J connectivity index is 2.44. The van der Waals surface area contributed by atoms with E-state index in [4.69, 9.17) is 16.3 Å². The molecule has 112 valence electrons. The van der Waals surface area contributed by atoms with E-state index < -0.39 is 17.9 Å². The number of hydrogen-bond acceptors (Lipinski definition) is 5. The van der Waals surface area contributed by atoms with Gasteiger partial charge in [-0.3, -0.25) is 0 Å². The summed E-state index contributed by atoms with van der Waals surface area (Å²) in [6, 6.07) is 3.36. The molecule has 21 heavy (non-hydrogen) atoms. The van der Waals surface area contributed by atoms with Crippen molar-refractivity contribution in [2.75, 3.05) is 19.0 Å². The molecule has 0 atom stereocenters. The second kappa shape index (κ2) is 5.72. The van der Waals surface area contributed by atoms with Crippen molar-refractivity contribution in [1.82, 2.24) is 15.0 Å². The Morgan fingerprint density at radius 3 is 2.52 bits per heavy atom. The van der Waals surface area contributed by atoms with Gasteiger partial charge in [0.05, 0.1) is 0 Å². The van der Waals surface area contributed by atoms with Crippen molar-refractivity contribution in [2.24, 2.45) is 0 Å². The van der Waals surface area contributed by atoms with E-state index >= 15 is 0 Å². The maximum absolute atomic E-state index is 12.8. The zero-order valence-electron chi connectivity index (χ0n) is 11.0. The van der Waals surface area contributed by atoms with Crippen LogP contribution >= 0.6 is 11.6 Å². The second-order valence-electron chi connectivity index (χ2n) is 4.18. The molecular formula is C12H10ClF3N4O. The summed E-state index contributed by atoms with van der Waals surface area (Å²) >= 11 is 5.78. The van der Waals surface area contributed by atoms with Gasteiger partial charge in [-0.15, -0.1) is 0 Å². The molecule has 0 saturated carbocycles. The first-order chi connectivity index (χ1) is 9.77. The predicted molar refractivity (Wildman–Crippen MR) is 70.7 cm³/mol. The highest BCUT2D eigenvalue weighted by atomic mass is 35.5. The molecule has 2 aromatic rings. The zero-order chi connectivity index (χ0) is 15.6. The third-order valence-electron chi connectivity index (χ3n) is 2.37. The van der Waals surface area contributed by atoms with Crippen LogP contribution in [0.3, 0.4) is 0 Å². The number of ether oxygens (including phenoxy) is 1. The van der Waals surface area contributed by atoms with Gasteiger partial charge < -0.3 is 9.64 Å². The van der Waals surface area contributed by atoms with Gasteiger partial charge in [0.2, 0.25) is 0 Å². The molecule has 0 amide bonds. The van der Waals surface area contributed by atoms with Gasteiger partial charge in [0, 0.05) is 26.4 Å². The Bertz CT molecular complexity index is 649. The van der Waals surface area contributed by atoms with Crippen molar-refractivity contribution >= 4 is 17.4 Å². The minimum Gasteiger partial charge on any atom is -0.421 e. The number of rotatable bonds is 3. The van der Waals surface area contributed by atoms with Crippen LogP contribution in [0.5, 0.6) is 11.8 Å². The Hall–Kier alpha value is -2.09. The van der Waals surface area contributed by atoms with Crippen LogP contribution in [0.2, 0.25) is 5.15 Å². The van der Waals surface area contributed by atoms with Gasteiger partial charge in [-0.05, 0) is 12.1 Å². The van der Waals surface area contributed by atoms with Crippen molar-refractivity contribution in [1.29, 1.82) is 0 Å². The fourth-order valence-corrected chi connectivity index (χ4v) is 1.54. The van der Waals surface area contributed by atoms with Crippen LogP contribution in [0.4, 0.5) is 19.0 Å². The van der Waals surface area contributed by atoms with Gasteiger partial charge in [0.25, 0.3) is 0 Å². The van der Waals surface area contributed by atoms with E-state index in [-0.39, 0.29) is 16.7 Å². The molecular weight excluding hydrogens is 309 g/mol. The highest BCUT2D eigenvalue weighted by Gasteiger charge is 2.34. The molecule has 0 fully saturated rings. The summed E-state index contributed by atoms with van der Waals surface area (Å²) in [4.78, 5) is 12.4. The van der Waals surface area contributed by atoms with Crippen molar-refractivity contribution in [3.8, 4) is 11.8 Å². The summed E-state index contributed by atoms with van der Waals surface area (Å²) in [5.74, 6) is 0.135. The third kappa shape index (κ3) is 3.72. The van der Waals surface area contributed by atoms with Gasteiger partial charge in [0.15, 0.2) is 16.6 Å². The average Bonchev–Trinajstić information content (AvgIpc) is 2.40. The van der Waals surface area contributed by atoms with Crippen LogP contribution in [0, 0.1) is 0 Å². The Morgan fingerprint density at radius 2 is 1.95 bits per heavy atom. The van der Waals surface area contributed by atoms with Gasteiger partial charge in [-0.1, -0.05) is 11.6 Å². The SMILES string of the molecule is CN(C)c1cc(C(F)(F)F)nc(Oc2cccnc2Cl)n1. The fourth-order valence-electron chi connectivity index (χ4n) is 1.38. The molecule has 0 aliphatic heterocycles. The average molecular weight is 319 g/mol. The zero-order valence-corrected chi connectivity index (χ0v) is 11.8. The molecule has 0 bridgehead atoms. The van der Waals surface area contributed by atoms with Crippen molar-refractivity contribution in [3.05, 3.63) is 35.2 Å². The lowest BCUT2D eigenvalue weighted by atomic mass is 10.3. The monoisotopic (exact) mass is 318 g/mol. The minimum atomic E-state index is -4.61. The number of pyridine rings is 1. The summed E-state index contributed by atoms with van der Waals surface area (Å²) in [5.41, 5.74) is -1.10. The number of aromatic nitrogens is 3. The molecule has 0 aliphatic carbocycles. The van der Waals surface area contributed by atoms with Gasteiger partial charge in [0.1, 0.15) is 5.82 Å². The van der Waals surface area contributed by atoms with Crippen LogP contribution in [-0.2, 0) is 6.18 Å². The highest BCUT2D eigenvalue weighted by Crippen LogP contribution is 2.32. The molecule has 0 radical (unpaired) electrons. The summed E-state index contributed by atoms with van der Waals surface area (Å²) in [5, 5.41) is 0.00455. The molecule has 0 spiro atoms. The van der Waals surface area contributed by atoms with Crippen molar-refractivity contribution < 1.29 is 17.9 Å². The number of anilines is 1. The van der Waals surface area contributed by atoms with Gasteiger partial charge in [-0.2, -0.15) is 23.1 Å². The molecule has 0 unspecified atom stereocenters. The lowest BCUT2D eigenvalue weighted by molar-refractivity contribution is -0.141. The molecule has 0 aliphatic rings. The maximum atomic E-state index is 12.8. The molecule has 0 saturated heterocycles. The standard InChI is InChI=1S/C12H10ClF3N4O/c1-20(2)9-6-8(12(14,15)16)18-11(19-9)21-7-4-3-5-17-10(7)13/h3-6H,1-2H3. The van der Waals surface area contributed by atoms with E-state index in [1.165, 1.54) is 23.2 Å². The second-order valence-corrected chi connectivity index (χ2v) is 4.54. The van der Waals surface area contributed by atoms with Crippen molar-refractivity contribution in [3.63, 3.8) is 0 Å². The van der Waals surface area contributed by atoms with Gasteiger partial charge >= 0.3 is 12.2 Å². The van der Waals surface area contributed by atoms with E-state index in [2.05, 4.69) is 15.0 Å². The molecule has 2 rings (SSSR count). The smallest absolute Gasteiger partial charge is 0.421 e. The fraction of sp³-hybridized carbons (Fsp3) is 0.250.